The van der Waals surface area contributed by atoms with Crippen LogP contribution in [0.1, 0.15) is 27.2 Å². The van der Waals surface area contributed by atoms with E-state index < -0.39 is 10.8 Å². The number of non-ortho nitro benzene ring substituents is 1. The molecule has 0 atom stereocenters. The smallest absolute Gasteiger partial charge is 0.275 e. The maximum atomic E-state index is 12.6. The summed E-state index contributed by atoms with van der Waals surface area (Å²) in [5.41, 5.74) is 3.47. The Hall–Kier alpha value is -2.95. The second-order valence-electron chi connectivity index (χ2n) is 6.70. The Morgan fingerprint density at radius 3 is 2.55 bits per heavy atom. The summed E-state index contributed by atoms with van der Waals surface area (Å²) in [7, 11) is 1.65. The fourth-order valence-electron chi connectivity index (χ4n) is 2.91. The summed E-state index contributed by atoms with van der Waals surface area (Å²) in [6, 6.07) is 8.10. The maximum Gasteiger partial charge on any atom is 0.275 e. The van der Waals surface area contributed by atoms with Gasteiger partial charge in [0.15, 0.2) is 0 Å². The number of anilines is 1. The standard InChI is InChI=1S/C20H19IN4O4/c1-11-5-12(2)13(3)18(6-11)29-16-8-14(7-15(9-16)25(27)28)23-20(26)19-17(21)10-22-24(19)4/h5-10H,1-4H3,(H,23,26). The van der Waals surface area contributed by atoms with Crippen molar-refractivity contribution >= 4 is 39.9 Å². The van der Waals surface area contributed by atoms with Crippen molar-refractivity contribution in [3.63, 3.8) is 0 Å². The SMILES string of the molecule is Cc1cc(C)c(C)c(Oc2cc(NC(=O)c3c(I)cnn3C)cc([N+](=O)[O-])c2)c1. The van der Waals surface area contributed by atoms with E-state index in [0.717, 1.165) is 16.7 Å². The topological polar surface area (TPSA) is 99.3 Å². The highest BCUT2D eigenvalue weighted by Crippen LogP contribution is 2.33. The highest BCUT2D eigenvalue weighted by Gasteiger charge is 2.18. The van der Waals surface area contributed by atoms with E-state index in [0.29, 0.717) is 15.0 Å². The van der Waals surface area contributed by atoms with Crippen LogP contribution >= 0.6 is 22.6 Å². The summed E-state index contributed by atoms with van der Waals surface area (Å²) in [6.45, 7) is 5.85. The van der Waals surface area contributed by atoms with Crippen molar-refractivity contribution in [3.05, 3.63) is 72.6 Å². The second kappa shape index (κ2) is 8.19. The molecule has 2 aromatic carbocycles. The molecular formula is C20H19IN4O4. The third-order valence-corrected chi connectivity index (χ3v) is 5.25. The average Bonchev–Trinajstić information content (AvgIpc) is 2.97. The molecule has 0 bridgehead atoms. The van der Waals surface area contributed by atoms with E-state index >= 15 is 0 Å². The minimum atomic E-state index is -0.523. The van der Waals surface area contributed by atoms with Crippen LogP contribution in [-0.4, -0.2) is 20.6 Å². The lowest BCUT2D eigenvalue weighted by molar-refractivity contribution is -0.384. The van der Waals surface area contributed by atoms with E-state index in [9.17, 15) is 14.9 Å². The van der Waals surface area contributed by atoms with Gasteiger partial charge in [-0.1, -0.05) is 6.07 Å². The van der Waals surface area contributed by atoms with Gasteiger partial charge in [0.25, 0.3) is 11.6 Å². The van der Waals surface area contributed by atoms with Gasteiger partial charge in [-0.25, -0.2) is 0 Å². The zero-order chi connectivity index (χ0) is 21.3. The Labute approximate surface area is 181 Å². The van der Waals surface area contributed by atoms with E-state index in [1.807, 2.05) is 55.5 Å². The Kier molecular flexibility index (Phi) is 5.87. The lowest BCUT2D eigenvalue weighted by Gasteiger charge is -2.13. The molecule has 0 aliphatic rings. The number of amides is 1. The van der Waals surface area contributed by atoms with Gasteiger partial charge in [0.05, 0.1) is 26.4 Å². The van der Waals surface area contributed by atoms with E-state index in [1.54, 1.807) is 19.3 Å². The predicted octanol–water partition coefficient (Wildman–Crippen LogP) is 4.90. The van der Waals surface area contributed by atoms with Crippen molar-refractivity contribution in [1.82, 2.24) is 9.78 Å². The Morgan fingerprint density at radius 2 is 1.93 bits per heavy atom. The average molecular weight is 506 g/mol. The molecule has 3 aromatic rings. The highest BCUT2D eigenvalue weighted by atomic mass is 127. The first kappa shape index (κ1) is 20.8. The van der Waals surface area contributed by atoms with Gasteiger partial charge >= 0.3 is 0 Å². The molecule has 0 unspecified atom stereocenters. The first-order valence-corrected chi connectivity index (χ1v) is 9.77. The van der Waals surface area contributed by atoms with Gasteiger partial charge in [0, 0.05) is 19.2 Å². The molecule has 8 nitrogen and oxygen atoms in total. The Morgan fingerprint density at radius 1 is 1.21 bits per heavy atom. The maximum absolute atomic E-state index is 12.6. The molecule has 1 N–H and O–H groups in total. The lowest BCUT2D eigenvalue weighted by Crippen LogP contribution is -2.17. The monoisotopic (exact) mass is 506 g/mol. The van der Waals surface area contributed by atoms with Crippen LogP contribution < -0.4 is 10.1 Å². The second-order valence-corrected chi connectivity index (χ2v) is 7.86. The summed E-state index contributed by atoms with van der Waals surface area (Å²) in [5.74, 6) is 0.465. The normalized spacial score (nSPS) is 10.7. The zero-order valence-electron chi connectivity index (χ0n) is 16.3. The first-order chi connectivity index (χ1) is 13.7. The molecule has 0 spiro atoms. The number of carbonyl (C=O) groups excluding carboxylic acids is 1. The first-order valence-electron chi connectivity index (χ1n) is 8.69. The van der Waals surface area contributed by atoms with E-state index in [4.69, 9.17) is 4.74 Å². The number of carbonyl (C=O) groups is 1. The highest BCUT2D eigenvalue weighted by molar-refractivity contribution is 14.1. The largest absolute Gasteiger partial charge is 0.457 e. The number of nitrogens with zero attached hydrogens (tertiary/aromatic N) is 3. The summed E-state index contributed by atoms with van der Waals surface area (Å²) in [6.07, 6.45) is 1.57. The Bertz CT molecular complexity index is 1100. The molecule has 0 aliphatic heterocycles. The minimum Gasteiger partial charge on any atom is -0.457 e. The fraction of sp³-hybridized carbons (Fsp3) is 0.200. The van der Waals surface area contributed by atoms with Crippen LogP contribution in [0, 0.1) is 34.5 Å². The number of hydrogen-bond donors (Lipinski definition) is 1. The van der Waals surface area contributed by atoms with Crippen LogP contribution in [0.25, 0.3) is 0 Å². The zero-order valence-corrected chi connectivity index (χ0v) is 18.5. The van der Waals surface area contributed by atoms with Crippen LogP contribution in [0.2, 0.25) is 0 Å². The molecule has 9 heteroatoms. The molecule has 0 aliphatic carbocycles. The number of ether oxygens (including phenoxy) is 1. The number of nitrogens with one attached hydrogen (secondary N) is 1. The van der Waals surface area contributed by atoms with Gasteiger partial charge in [-0.2, -0.15) is 5.10 Å². The molecular weight excluding hydrogens is 487 g/mol. The van der Waals surface area contributed by atoms with Crippen LogP contribution in [0.15, 0.2) is 36.5 Å². The lowest BCUT2D eigenvalue weighted by atomic mass is 10.1. The van der Waals surface area contributed by atoms with Crippen molar-refractivity contribution in [3.8, 4) is 11.5 Å². The number of rotatable bonds is 5. The molecule has 1 heterocycles. The summed E-state index contributed by atoms with van der Waals surface area (Å²) in [5, 5.41) is 18.1. The quantitative estimate of drug-likeness (QED) is 0.302. The van der Waals surface area contributed by atoms with Crippen LogP contribution in [0.4, 0.5) is 11.4 Å². The summed E-state index contributed by atoms with van der Waals surface area (Å²) < 4.78 is 8.07. The molecule has 0 saturated carbocycles. The molecule has 1 amide bonds. The Balaban J connectivity index is 1.97. The van der Waals surface area contributed by atoms with Gasteiger partial charge < -0.3 is 10.1 Å². The molecule has 1 aromatic heterocycles. The predicted molar refractivity (Wildman–Crippen MR) is 118 cm³/mol. The number of aryl methyl sites for hydroxylation is 3. The van der Waals surface area contributed by atoms with Crippen molar-refractivity contribution in [2.45, 2.75) is 20.8 Å². The number of nitro groups is 1. The number of benzene rings is 2. The van der Waals surface area contributed by atoms with E-state index in [2.05, 4.69) is 10.4 Å². The van der Waals surface area contributed by atoms with E-state index in [1.165, 1.54) is 16.8 Å². The van der Waals surface area contributed by atoms with Crippen LogP contribution in [0.3, 0.4) is 0 Å². The molecule has 0 radical (unpaired) electrons. The summed E-state index contributed by atoms with van der Waals surface area (Å²) >= 11 is 2.01. The van der Waals surface area contributed by atoms with Crippen molar-refractivity contribution in [1.29, 1.82) is 0 Å². The molecule has 150 valence electrons. The van der Waals surface area contributed by atoms with Gasteiger partial charge in [0.2, 0.25) is 0 Å². The number of halogens is 1. The van der Waals surface area contributed by atoms with Crippen molar-refractivity contribution < 1.29 is 14.5 Å². The molecule has 3 rings (SSSR count). The van der Waals surface area contributed by atoms with Gasteiger partial charge in [-0.15, -0.1) is 0 Å². The van der Waals surface area contributed by atoms with Crippen LogP contribution in [0.5, 0.6) is 11.5 Å². The number of aromatic nitrogens is 2. The molecule has 29 heavy (non-hydrogen) atoms. The molecule has 0 saturated heterocycles. The van der Waals surface area contributed by atoms with Crippen LogP contribution in [-0.2, 0) is 7.05 Å². The van der Waals surface area contributed by atoms with Crippen molar-refractivity contribution in [2.75, 3.05) is 5.32 Å². The van der Waals surface area contributed by atoms with Gasteiger partial charge in [0.1, 0.15) is 17.2 Å². The molecule has 0 fully saturated rings. The number of nitro benzene ring substituents is 1. The van der Waals surface area contributed by atoms with Gasteiger partial charge in [-0.05, 0) is 66.1 Å². The third-order valence-electron chi connectivity index (χ3n) is 4.46. The van der Waals surface area contributed by atoms with Crippen molar-refractivity contribution in [2.24, 2.45) is 7.05 Å². The van der Waals surface area contributed by atoms with Gasteiger partial charge in [-0.3, -0.25) is 19.6 Å². The summed E-state index contributed by atoms with van der Waals surface area (Å²) in [4.78, 5) is 23.5. The fourth-order valence-corrected chi connectivity index (χ4v) is 3.63. The van der Waals surface area contributed by atoms with E-state index in [-0.39, 0.29) is 17.1 Å². The minimum absolute atomic E-state index is 0.181. The third kappa shape index (κ3) is 4.56. The number of hydrogen-bond acceptors (Lipinski definition) is 5.